The largest absolute Gasteiger partial charge is 0.440 e. The van der Waals surface area contributed by atoms with Gasteiger partial charge in [0, 0.05) is 34.0 Å². The summed E-state index contributed by atoms with van der Waals surface area (Å²) in [5.74, 6) is 0.936. The molecule has 6 heteroatoms. The third-order valence-electron chi connectivity index (χ3n) is 4.39. The minimum absolute atomic E-state index is 0.122. The molecular weight excluding hydrogens is 350 g/mol. The van der Waals surface area contributed by atoms with Crippen LogP contribution >= 0.6 is 22.7 Å². The van der Waals surface area contributed by atoms with Crippen molar-refractivity contribution in [1.82, 2.24) is 4.90 Å². The number of nitriles is 1. The maximum absolute atomic E-state index is 9.65. The molecule has 4 heterocycles. The molecule has 2 aromatic rings. The van der Waals surface area contributed by atoms with E-state index in [1.54, 1.807) is 22.7 Å². The summed E-state index contributed by atoms with van der Waals surface area (Å²) in [5.41, 5.74) is 8.86. The maximum atomic E-state index is 9.65. The average molecular weight is 367 g/mol. The Kier molecular flexibility index (Phi) is 4.22. The zero-order chi connectivity index (χ0) is 17.4. The van der Waals surface area contributed by atoms with E-state index in [1.807, 2.05) is 17.5 Å². The van der Waals surface area contributed by atoms with Crippen molar-refractivity contribution in [2.75, 3.05) is 20.1 Å². The predicted molar refractivity (Wildman–Crippen MR) is 102 cm³/mol. The van der Waals surface area contributed by atoms with Gasteiger partial charge in [0.05, 0.1) is 5.92 Å². The third kappa shape index (κ3) is 2.91. The van der Waals surface area contributed by atoms with Gasteiger partial charge in [-0.2, -0.15) is 5.26 Å². The molecule has 4 nitrogen and oxygen atoms in total. The topological polar surface area (TPSA) is 62.3 Å². The van der Waals surface area contributed by atoms with Gasteiger partial charge in [0.15, 0.2) is 0 Å². The quantitative estimate of drug-likeness (QED) is 0.874. The number of rotatable bonds is 2. The van der Waals surface area contributed by atoms with Crippen LogP contribution in [0.25, 0.3) is 6.08 Å². The summed E-state index contributed by atoms with van der Waals surface area (Å²) in [6.07, 6.45) is 2.16. The molecule has 0 fully saturated rings. The van der Waals surface area contributed by atoms with Gasteiger partial charge in [-0.3, -0.25) is 4.90 Å². The van der Waals surface area contributed by atoms with Crippen molar-refractivity contribution in [3.63, 3.8) is 0 Å². The number of nitrogens with zero attached hydrogens (tertiary/aromatic N) is 2. The van der Waals surface area contributed by atoms with E-state index >= 15 is 0 Å². The van der Waals surface area contributed by atoms with Crippen LogP contribution in [0.3, 0.4) is 0 Å². The van der Waals surface area contributed by atoms with E-state index in [4.69, 9.17) is 10.5 Å². The molecular formula is C19H17N3OS2. The first-order valence-corrected chi connectivity index (χ1v) is 9.70. The highest BCUT2D eigenvalue weighted by Crippen LogP contribution is 2.44. The minimum atomic E-state index is -0.122. The SMILES string of the molecule is CN1CC2=C(OC(N)=C(C#N)C2c2cccs2)/C(=C\c2cccs2)C1. The van der Waals surface area contributed by atoms with Crippen LogP contribution in [-0.2, 0) is 4.74 Å². The summed E-state index contributed by atoms with van der Waals surface area (Å²) in [6.45, 7) is 1.56. The fraction of sp³-hybridized carbons (Fsp3) is 0.211. The van der Waals surface area contributed by atoms with Gasteiger partial charge in [0.2, 0.25) is 5.88 Å². The van der Waals surface area contributed by atoms with E-state index < -0.39 is 0 Å². The Bertz CT molecular complexity index is 915. The molecule has 0 saturated heterocycles. The molecule has 2 N–H and O–H groups in total. The van der Waals surface area contributed by atoms with Gasteiger partial charge >= 0.3 is 0 Å². The van der Waals surface area contributed by atoms with Crippen LogP contribution in [0, 0.1) is 11.3 Å². The Hall–Kier alpha value is -2.33. The third-order valence-corrected chi connectivity index (χ3v) is 6.14. The van der Waals surface area contributed by atoms with Crippen LogP contribution in [-0.4, -0.2) is 25.0 Å². The lowest BCUT2D eigenvalue weighted by Gasteiger charge is -2.36. The van der Waals surface area contributed by atoms with Crippen LogP contribution in [0.1, 0.15) is 15.7 Å². The fourth-order valence-electron chi connectivity index (χ4n) is 3.37. The second kappa shape index (κ2) is 6.52. The lowest BCUT2D eigenvalue weighted by atomic mass is 9.84. The van der Waals surface area contributed by atoms with Crippen molar-refractivity contribution in [2.24, 2.45) is 5.73 Å². The molecule has 0 saturated carbocycles. The molecule has 0 amide bonds. The highest BCUT2D eigenvalue weighted by molar-refractivity contribution is 7.10. The first-order chi connectivity index (χ1) is 12.2. The molecule has 2 aliphatic rings. The van der Waals surface area contributed by atoms with Crippen LogP contribution in [0.15, 0.2) is 63.4 Å². The lowest BCUT2D eigenvalue weighted by Crippen LogP contribution is -2.35. The first kappa shape index (κ1) is 16.2. The molecule has 0 aliphatic carbocycles. The molecule has 1 atom stereocenters. The maximum Gasteiger partial charge on any atom is 0.205 e. The van der Waals surface area contributed by atoms with Crippen molar-refractivity contribution in [3.8, 4) is 6.07 Å². The van der Waals surface area contributed by atoms with E-state index in [0.29, 0.717) is 5.57 Å². The number of hydrogen-bond donors (Lipinski definition) is 1. The number of nitrogens with two attached hydrogens (primary N) is 1. The van der Waals surface area contributed by atoms with E-state index in [-0.39, 0.29) is 11.8 Å². The van der Waals surface area contributed by atoms with Gasteiger partial charge in [-0.1, -0.05) is 12.1 Å². The highest BCUT2D eigenvalue weighted by atomic mass is 32.1. The van der Waals surface area contributed by atoms with E-state index in [0.717, 1.165) is 34.9 Å². The zero-order valence-electron chi connectivity index (χ0n) is 13.7. The van der Waals surface area contributed by atoms with Crippen LogP contribution < -0.4 is 5.73 Å². The van der Waals surface area contributed by atoms with Crippen LogP contribution in [0.2, 0.25) is 0 Å². The summed E-state index contributed by atoms with van der Waals surface area (Å²) in [7, 11) is 2.09. The van der Waals surface area contributed by atoms with Crippen LogP contribution in [0.4, 0.5) is 0 Å². The van der Waals surface area contributed by atoms with Gasteiger partial charge in [-0.15, -0.1) is 22.7 Å². The monoisotopic (exact) mass is 367 g/mol. The van der Waals surface area contributed by atoms with Crippen molar-refractivity contribution >= 4 is 28.7 Å². The molecule has 0 spiro atoms. The number of allylic oxidation sites excluding steroid dienone is 1. The summed E-state index contributed by atoms with van der Waals surface area (Å²) in [6, 6.07) is 10.5. The summed E-state index contributed by atoms with van der Waals surface area (Å²) < 4.78 is 5.96. The highest BCUT2D eigenvalue weighted by Gasteiger charge is 2.37. The molecule has 0 radical (unpaired) electrons. The Balaban J connectivity index is 1.87. The van der Waals surface area contributed by atoms with Gasteiger partial charge in [0.25, 0.3) is 0 Å². The molecule has 4 rings (SSSR count). The fourth-order valence-corrected chi connectivity index (χ4v) is 4.92. The number of thiophene rings is 2. The second-order valence-electron chi connectivity index (χ2n) is 6.15. The standard InChI is InChI=1S/C19H17N3OS2/c1-22-10-12(8-13-4-2-6-24-13)18-15(11-22)17(16-5-3-7-25-16)14(9-20)19(21)23-18/h2-8,17H,10-11,21H2,1H3/b12-8-. The Morgan fingerprint density at radius 2 is 2.08 bits per heavy atom. The van der Waals surface area contributed by atoms with Gasteiger partial charge < -0.3 is 10.5 Å². The molecule has 0 bridgehead atoms. The van der Waals surface area contributed by atoms with Gasteiger partial charge in [0.1, 0.15) is 17.4 Å². The number of likely N-dealkylation sites (N-methyl/N-ethyl adjacent to an activating group) is 1. The molecule has 1 unspecified atom stereocenters. The van der Waals surface area contributed by atoms with Crippen molar-refractivity contribution in [1.29, 1.82) is 5.26 Å². The smallest absolute Gasteiger partial charge is 0.205 e. The summed E-state index contributed by atoms with van der Waals surface area (Å²) >= 11 is 3.34. The zero-order valence-corrected chi connectivity index (χ0v) is 15.4. The average Bonchev–Trinajstić information content (AvgIpc) is 3.28. The van der Waals surface area contributed by atoms with Gasteiger partial charge in [-0.25, -0.2) is 0 Å². The Morgan fingerprint density at radius 1 is 1.28 bits per heavy atom. The van der Waals surface area contributed by atoms with E-state index in [9.17, 15) is 5.26 Å². The predicted octanol–water partition coefficient (Wildman–Crippen LogP) is 3.90. The van der Waals surface area contributed by atoms with E-state index in [2.05, 4.69) is 41.6 Å². The number of ether oxygens (including phenoxy) is 1. The van der Waals surface area contributed by atoms with Crippen LogP contribution in [0.5, 0.6) is 0 Å². The first-order valence-electron chi connectivity index (χ1n) is 7.94. The van der Waals surface area contributed by atoms with Crippen molar-refractivity contribution < 1.29 is 4.74 Å². The van der Waals surface area contributed by atoms with Gasteiger partial charge in [-0.05, 0) is 36.0 Å². The molecule has 25 heavy (non-hydrogen) atoms. The summed E-state index contributed by atoms with van der Waals surface area (Å²) in [5, 5.41) is 13.7. The van der Waals surface area contributed by atoms with Crippen molar-refractivity contribution in [2.45, 2.75) is 5.92 Å². The number of hydrogen-bond acceptors (Lipinski definition) is 6. The minimum Gasteiger partial charge on any atom is -0.440 e. The molecule has 0 aromatic carbocycles. The molecule has 2 aliphatic heterocycles. The van der Waals surface area contributed by atoms with E-state index in [1.165, 1.54) is 4.88 Å². The normalized spacial score (nSPS) is 22.7. The van der Waals surface area contributed by atoms with Crippen molar-refractivity contribution in [3.05, 3.63) is 73.1 Å². The Morgan fingerprint density at radius 3 is 2.76 bits per heavy atom. The molecule has 2 aromatic heterocycles. The molecule has 126 valence electrons. The summed E-state index contributed by atoms with van der Waals surface area (Å²) in [4.78, 5) is 4.56. The Labute approximate surface area is 154 Å². The second-order valence-corrected chi connectivity index (χ2v) is 8.11. The lowest BCUT2D eigenvalue weighted by molar-refractivity contribution is 0.251.